The van der Waals surface area contributed by atoms with Crippen molar-refractivity contribution in [1.82, 2.24) is 4.98 Å². The second kappa shape index (κ2) is 4.30. The van der Waals surface area contributed by atoms with Gasteiger partial charge >= 0.3 is 7.12 Å². The summed E-state index contributed by atoms with van der Waals surface area (Å²) in [6.45, 7) is 10.3. The zero-order valence-electron chi connectivity index (χ0n) is 12.7. The summed E-state index contributed by atoms with van der Waals surface area (Å²) in [5, 5.41) is 1.12. The molecule has 3 nitrogen and oxygen atoms in total. The summed E-state index contributed by atoms with van der Waals surface area (Å²) >= 11 is 0. The van der Waals surface area contributed by atoms with Gasteiger partial charge in [0.1, 0.15) is 0 Å². The molecule has 3 rings (SSSR count). The van der Waals surface area contributed by atoms with Crippen LogP contribution in [0.25, 0.3) is 10.9 Å². The Morgan fingerprint density at radius 2 is 1.70 bits per heavy atom. The van der Waals surface area contributed by atoms with E-state index in [4.69, 9.17) is 9.31 Å². The molecule has 20 heavy (non-hydrogen) atoms. The number of nitrogens with zero attached hydrogens (tertiary/aromatic N) is 1. The predicted molar refractivity (Wildman–Crippen MR) is 82.2 cm³/mol. The first-order valence-corrected chi connectivity index (χ1v) is 7.01. The zero-order valence-corrected chi connectivity index (χ0v) is 12.7. The molecule has 2 aromatic rings. The minimum absolute atomic E-state index is 0.320. The van der Waals surface area contributed by atoms with E-state index >= 15 is 0 Å². The lowest BCUT2D eigenvalue weighted by Crippen LogP contribution is -2.41. The number of aryl methyl sites for hydroxylation is 1. The van der Waals surface area contributed by atoms with Crippen LogP contribution in [0, 0.1) is 6.92 Å². The van der Waals surface area contributed by atoms with Crippen molar-refractivity contribution in [2.24, 2.45) is 0 Å². The van der Waals surface area contributed by atoms with Crippen molar-refractivity contribution in [2.45, 2.75) is 45.8 Å². The van der Waals surface area contributed by atoms with Crippen molar-refractivity contribution >= 4 is 23.5 Å². The standard InChI is InChI=1S/C16H20BNO2/c1-11-7-6-8-12-9-13(10-18-14(11)12)17-19-15(2,3)16(4,5)20-17/h6-10H,1-5H3. The van der Waals surface area contributed by atoms with Crippen molar-refractivity contribution in [2.75, 3.05) is 0 Å². The fraction of sp³-hybridized carbons (Fsp3) is 0.438. The molecule has 1 aliphatic heterocycles. The van der Waals surface area contributed by atoms with Crippen LogP contribution in [0.15, 0.2) is 30.5 Å². The number of benzene rings is 1. The second-order valence-electron chi connectivity index (χ2n) is 6.50. The molecule has 0 unspecified atom stereocenters. The average molecular weight is 269 g/mol. The summed E-state index contributed by atoms with van der Waals surface area (Å²) in [5.74, 6) is 0. The van der Waals surface area contributed by atoms with Crippen LogP contribution in [-0.4, -0.2) is 23.3 Å². The van der Waals surface area contributed by atoms with E-state index in [1.54, 1.807) is 0 Å². The Hall–Kier alpha value is -1.39. The van der Waals surface area contributed by atoms with Crippen molar-refractivity contribution in [3.63, 3.8) is 0 Å². The number of hydrogen-bond acceptors (Lipinski definition) is 3. The van der Waals surface area contributed by atoms with Gasteiger partial charge < -0.3 is 9.31 Å². The van der Waals surface area contributed by atoms with Crippen molar-refractivity contribution in [1.29, 1.82) is 0 Å². The van der Waals surface area contributed by atoms with Crippen molar-refractivity contribution in [3.05, 3.63) is 36.0 Å². The molecule has 0 bridgehead atoms. The van der Waals surface area contributed by atoms with E-state index in [0.29, 0.717) is 0 Å². The lowest BCUT2D eigenvalue weighted by Gasteiger charge is -2.32. The zero-order chi connectivity index (χ0) is 14.5. The van der Waals surface area contributed by atoms with Gasteiger partial charge in [0.25, 0.3) is 0 Å². The van der Waals surface area contributed by atoms with Crippen LogP contribution >= 0.6 is 0 Å². The van der Waals surface area contributed by atoms with Crippen LogP contribution in [0.1, 0.15) is 33.3 Å². The van der Waals surface area contributed by atoms with Crippen molar-refractivity contribution in [3.8, 4) is 0 Å². The van der Waals surface area contributed by atoms with Gasteiger partial charge in [-0.05, 0) is 40.2 Å². The van der Waals surface area contributed by atoms with E-state index < -0.39 is 0 Å². The van der Waals surface area contributed by atoms with Gasteiger partial charge in [-0.15, -0.1) is 0 Å². The molecule has 1 aromatic heterocycles. The summed E-state index contributed by atoms with van der Waals surface area (Å²) in [5.41, 5.74) is 2.55. The number of aromatic nitrogens is 1. The van der Waals surface area contributed by atoms with Crippen LogP contribution in [0.2, 0.25) is 0 Å². The average Bonchev–Trinajstić information content (AvgIpc) is 2.58. The van der Waals surface area contributed by atoms with E-state index in [-0.39, 0.29) is 18.3 Å². The third-order valence-electron chi connectivity index (χ3n) is 4.46. The Kier molecular flexibility index (Phi) is 2.92. The molecule has 0 saturated carbocycles. The third-order valence-corrected chi connectivity index (χ3v) is 4.46. The molecule has 1 fully saturated rings. The lowest BCUT2D eigenvalue weighted by atomic mass is 9.79. The highest BCUT2D eigenvalue weighted by atomic mass is 16.7. The Balaban J connectivity index is 2.00. The van der Waals surface area contributed by atoms with Gasteiger partial charge in [0.15, 0.2) is 0 Å². The van der Waals surface area contributed by atoms with Crippen LogP contribution < -0.4 is 5.46 Å². The molecule has 4 heteroatoms. The Labute approximate surface area is 120 Å². The van der Waals surface area contributed by atoms with Crippen LogP contribution in [0.3, 0.4) is 0 Å². The number of para-hydroxylation sites is 1. The first-order valence-electron chi connectivity index (χ1n) is 7.01. The number of pyridine rings is 1. The molecule has 104 valence electrons. The molecule has 1 saturated heterocycles. The van der Waals surface area contributed by atoms with Gasteiger partial charge in [0, 0.05) is 17.0 Å². The van der Waals surface area contributed by atoms with Gasteiger partial charge in [-0.25, -0.2) is 0 Å². The molecule has 1 aromatic carbocycles. The van der Waals surface area contributed by atoms with E-state index in [1.807, 2.05) is 12.3 Å². The van der Waals surface area contributed by atoms with E-state index in [9.17, 15) is 0 Å². The molecular weight excluding hydrogens is 249 g/mol. The van der Waals surface area contributed by atoms with E-state index in [1.165, 1.54) is 5.56 Å². The minimum Gasteiger partial charge on any atom is -0.399 e. The highest BCUT2D eigenvalue weighted by Gasteiger charge is 2.51. The van der Waals surface area contributed by atoms with Gasteiger partial charge in [0.2, 0.25) is 0 Å². The molecule has 0 atom stereocenters. The number of rotatable bonds is 1. The first-order chi connectivity index (χ1) is 9.30. The summed E-state index contributed by atoms with van der Waals surface area (Å²) in [6.07, 6.45) is 1.86. The largest absolute Gasteiger partial charge is 0.496 e. The third kappa shape index (κ3) is 2.04. The summed E-state index contributed by atoms with van der Waals surface area (Å²) < 4.78 is 12.1. The molecule has 0 N–H and O–H groups in total. The molecular formula is C16H20BNO2. The van der Waals surface area contributed by atoms with E-state index in [0.717, 1.165) is 16.4 Å². The topological polar surface area (TPSA) is 31.4 Å². The lowest BCUT2D eigenvalue weighted by molar-refractivity contribution is 0.00578. The Morgan fingerprint density at radius 3 is 2.35 bits per heavy atom. The maximum Gasteiger partial charge on any atom is 0.496 e. The van der Waals surface area contributed by atoms with Crippen LogP contribution in [0.4, 0.5) is 0 Å². The Bertz CT molecular complexity index is 651. The number of fused-ring (bicyclic) bond motifs is 1. The van der Waals surface area contributed by atoms with Gasteiger partial charge in [-0.2, -0.15) is 0 Å². The fourth-order valence-electron chi connectivity index (χ4n) is 2.44. The number of hydrogen-bond donors (Lipinski definition) is 0. The smallest absolute Gasteiger partial charge is 0.399 e. The van der Waals surface area contributed by atoms with Crippen molar-refractivity contribution < 1.29 is 9.31 Å². The molecule has 0 amide bonds. The summed E-state index contributed by atoms with van der Waals surface area (Å²) in [7, 11) is -0.350. The molecule has 0 radical (unpaired) electrons. The highest BCUT2D eigenvalue weighted by molar-refractivity contribution is 6.62. The quantitative estimate of drug-likeness (QED) is 0.746. The van der Waals surface area contributed by atoms with E-state index in [2.05, 4.69) is 57.8 Å². The molecule has 0 aliphatic carbocycles. The maximum absolute atomic E-state index is 6.07. The first kappa shape index (κ1) is 13.6. The van der Waals surface area contributed by atoms with Crippen LogP contribution in [-0.2, 0) is 9.31 Å². The minimum atomic E-state index is -0.350. The van der Waals surface area contributed by atoms with Gasteiger partial charge in [-0.3, -0.25) is 4.98 Å². The normalized spacial score (nSPS) is 20.6. The predicted octanol–water partition coefficient (Wildman–Crippen LogP) is 2.84. The second-order valence-corrected chi connectivity index (χ2v) is 6.50. The highest BCUT2D eigenvalue weighted by Crippen LogP contribution is 2.36. The molecule has 1 aliphatic rings. The molecule has 2 heterocycles. The van der Waals surface area contributed by atoms with Crippen LogP contribution in [0.5, 0.6) is 0 Å². The monoisotopic (exact) mass is 269 g/mol. The maximum atomic E-state index is 6.07. The van der Waals surface area contributed by atoms with Gasteiger partial charge in [-0.1, -0.05) is 24.3 Å². The summed E-state index contributed by atoms with van der Waals surface area (Å²) in [4.78, 5) is 4.56. The molecule has 0 spiro atoms. The SMILES string of the molecule is Cc1cccc2cc(B3OC(C)(C)C(C)(C)O3)cnc12. The Morgan fingerprint density at radius 1 is 1.05 bits per heavy atom. The van der Waals surface area contributed by atoms with Gasteiger partial charge in [0.05, 0.1) is 16.7 Å². The summed E-state index contributed by atoms with van der Waals surface area (Å²) in [6, 6.07) is 8.30. The fourth-order valence-corrected chi connectivity index (χ4v) is 2.44.